The van der Waals surface area contributed by atoms with Crippen LogP contribution >= 0.6 is 0 Å². The topological polar surface area (TPSA) is 69.6 Å². The summed E-state index contributed by atoms with van der Waals surface area (Å²) in [6.07, 6.45) is 1.80. The van der Waals surface area contributed by atoms with Gasteiger partial charge in [0.25, 0.3) is 0 Å². The highest BCUT2D eigenvalue weighted by atomic mass is 19.1. The monoisotopic (exact) mass is 294 g/mol. The Bertz CT molecular complexity index is 531. The minimum atomic E-state index is -0.927. The zero-order chi connectivity index (χ0) is 15.4. The van der Waals surface area contributed by atoms with E-state index in [0.717, 1.165) is 12.8 Å². The molecule has 0 spiro atoms. The van der Waals surface area contributed by atoms with Gasteiger partial charge in [-0.1, -0.05) is 18.2 Å². The highest BCUT2D eigenvalue weighted by Gasteiger charge is 2.34. The average molecular weight is 294 g/mol. The molecule has 1 fully saturated rings. The van der Waals surface area contributed by atoms with Crippen molar-refractivity contribution in [3.8, 4) is 0 Å². The van der Waals surface area contributed by atoms with E-state index in [9.17, 15) is 14.0 Å². The second-order valence-electron chi connectivity index (χ2n) is 5.44. The van der Waals surface area contributed by atoms with E-state index in [4.69, 9.17) is 5.11 Å². The van der Waals surface area contributed by atoms with E-state index in [-0.39, 0.29) is 36.8 Å². The molecule has 2 amide bonds. The van der Waals surface area contributed by atoms with E-state index in [1.807, 2.05) is 0 Å². The Kier molecular flexibility index (Phi) is 4.77. The van der Waals surface area contributed by atoms with Crippen LogP contribution in [0, 0.1) is 11.7 Å². The molecule has 1 aromatic carbocycles. The number of halogens is 1. The van der Waals surface area contributed by atoms with Crippen molar-refractivity contribution in [1.82, 2.24) is 10.2 Å². The number of rotatable bonds is 6. The minimum Gasteiger partial charge on any atom is -0.481 e. The Hall–Kier alpha value is -2.11. The lowest BCUT2D eigenvalue weighted by Crippen LogP contribution is -2.44. The van der Waals surface area contributed by atoms with Crippen LogP contribution in [0.2, 0.25) is 0 Å². The predicted molar refractivity (Wildman–Crippen MR) is 75.2 cm³/mol. The van der Waals surface area contributed by atoms with Gasteiger partial charge in [0, 0.05) is 25.2 Å². The van der Waals surface area contributed by atoms with E-state index < -0.39 is 5.97 Å². The second kappa shape index (κ2) is 6.56. The van der Waals surface area contributed by atoms with Crippen LogP contribution < -0.4 is 5.32 Å². The van der Waals surface area contributed by atoms with Gasteiger partial charge in [-0.05, 0) is 24.8 Å². The van der Waals surface area contributed by atoms with Gasteiger partial charge in [-0.15, -0.1) is 0 Å². The summed E-state index contributed by atoms with van der Waals surface area (Å²) in [5.74, 6) is -1.04. The van der Waals surface area contributed by atoms with Gasteiger partial charge >= 0.3 is 12.0 Å². The van der Waals surface area contributed by atoms with Crippen molar-refractivity contribution in [3.63, 3.8) is 0 Å². The molecule has 1 aromatic rings. The number of hydrogen-bond acceptors (Lipinski definition) is 2. The van der Waals surface area contributed by atoms with Crippen molar-refractivity contribution in [1.29, 1.82) is 0 Å². The molecule has 0 bridgehead atoms. The number of nitrogens with zero attached hydrogens (tertiary/aromatic N) is 1. The van der Waals surface area contributed by atoms with Crippen LogP contribution in [0.1, 0.15) is 24.8 Å². The van der Waals surface area contributed by atoms with Crippen LogP contribution in [0.3, 0.4) is 0 Å². The van der Waals surface area contributed by atoms with E-state index in [1.165, 1.54) is 11.0 Å². The third-order valence-corrected chi connectivity index (χ3v) is 3.61. The third-order valence-electron chi connectivity index (χ3n) is 3.61. The minimum absolute atomic E-state index is 0.0794. The van der Waals surface area contributed by atoms with Gasteiger partial charge in [0.05, 0.1) is 6.42 Å². The summed E-state index contributed by atoms with van der Waals surface area (Å²) in [5.41, 5.74) is 0.427. The maximum Gasteiger partial charge on any atom is 0.317 e. The number of amides is 2. The van der Waals surface area contributed by atoms with Crippen LogP contribution in [0.25, 0.3) is 0 Å². The third kappa shape index (κ3) is 4.44. The van der Waals surface area contributed by atoms with E-state index in [1.54, 1.807) is 25.2 Å². The first-order valence-corrected chi connectivity index (χ1v) is 6.94. The summed E-state index contributed by atoms with van der Waals surface area (Å²) in [4.78, 5) is 24.3. The fourth-order valence-corrected chi connectivity index (χ4v) is 2.25. The Labute approximate surface area is 122 Å². The van der Waals surface area contributed by atoms with Crippen molar-refractivity contribution >= 4 is 12.0 Å². The summed E-state index contributed by atoms with van der Waals surface area (Å²) < 4.78 is 13.6. The fourth-order valence-electron chi connectivity index (χ4n) is 2.25. The summed E-state index contributed by atoms with van der Waals surface area (Å²) >= 11 is 0. The standard InChI is InChI=1S/C15H19FN2O3/c1-18(9-11-4-2-3-5-12(11)16)15(21)17-13(8-14(19)20)10-6-7-10/h2-5,10,13H,6-9H2,1H3,(H,17,21)(H,19,20). The van der Waals surface area contributed by atoms with Crippen molar-refractivity contribution < 1.29 is 19.1 Å². The lowest BCUT2D eigenvalue weighted by molar-refractivity contribution is -0.137. The largest absolute Gasteiger partial charge is 0.481 e. The van der Waals surface area contributed by atoms with Gasteiger partial charge in [-0.25, -0.2) is 9.18 Å². The van der Waals surface area contributed by atoms with Crippen LogP contribution in [0.5, 0.6) is 0 Å². The highest BCUT2D eigenvalue weighted by molar-refractivity contribution is 5.75. The first kappa shape index (κ1) is 15.3. The Balaban J connectivity index is 1.92. The van der Waals surface area contributed by atoms with E-state index in [0.29, 0.717) is 5.56 Å². The first-order valence-electron chi connectivity index (χ1n) is 6.94. The molecule has 21 heavy (non-hydrogen) atoms. The number of nitrogens with one attached hydrogen (secondary N) is 1. The molecule has 5 nitrogen and oxygen atoms in total. The Morgan fingerprint density at radius 3 is 2.67 bits per heavy atom. The number of carboxylic acids is 1. The summed E-state index contributed by atoms with van der Waals surface area (Å²) in [5, 5.41) is 11.6. The van der Waals surface area contributed by atoms with Gasteiger partial charge < -0.3 is 15.3 Å². The van der Waals surface area contributed by atoms with Crippen molar-refractivity contribution in [2.24, 2.45) is 5.92 Å². The number of aliphatic carboxylic acids is 1. The highest BCUT2D eigenvalue weighted by Crippen LogP contribution is 2.34. The number of carbonyl (C=O) groups is 2. The molecule has 1 aliphatic rings. The summed E-state index contributed by atoms with van der Waals surface area (Å²) in [6.45, 7) is 0.142. The molecular weight excluding hydrogens is 275 g/mol. The fraction of sp³-hybridized carbons (Fsp3) is 0.467. The molecule has 0 radical (unpaired) electrons. The molecule has 2 N–H and O–H groups in total. The number of urea groups is 1. The number of hydrogen-bond donors (Lipinski definition) is 2. The molecule has 0 aromatic heterocycles. The molecule has 6 heteroatoms. The lowest BCUT2D eigenvalue weighted by Gasteiger charge is -2.23. The predicted octanol–water partition coefficient (Wildman–Crippen LogP) is 2.22. The molecule has 1 unspecified atom stereocenters. The molecule has 1 saturated carbocycles. The average Bonchev–Trinajstić information content (AvgIpc) is 3.24. The van der Waals surface area contributed by atoms with Crippen molar-refractivity contribution in [3.05, 3.63) is 35.6 Å². The first-order chi connectivity index (χ1) is 9.97. The molecule has 1 aliphatic carbocycles. The van der Waals surface area contributed by atoms with Gasteiger partial charge in [-0.3, -0.25) is 4.79 Å². The maximum absolute atomic E-state index is 13.6. The summed E-state index contributed by atoms with van der Waals surface area (Å²) in [6, 6.07) is 5.54. The molecular formula is C15H19FN2O3. The quantitative estimate of drug-likeness (QED) is 0.845. The maximum atomic E-state index is 13.6. The van der Waals surface area contributed by atoms with Gasteiger partial charge in [0.2, 0.25) is 0 Å². The van der Waals surface area contributed by atoms with Crippen LogP contribution in [-0.4, -0.2) is 35.1 Å². The molecule has 114 valence electrons. The molecule has 0 heterocycles. The van der Waals surface area contributed by atoms with Crippen LogP contribution in [0.15, 0.2) is 24.3 Å². The van der Waals surface area contributed by atoms with Crippen molar-refractivity contribution in [2.75, 3.05) is 7.05 Å². The van der Waals surface area contributed by atoms with Crippen molar-refractivity contribution in [2.45, 2.75) is 31.8 Å². The molecule has 1 atom stereocenters. The van der Waals surface area contributed by atoms with Gasteiger partial charge in [0.1, 0.15) is 5.82 Å². The molecule has 0 saturated heterocycles. The normalized spacial score (nSPS) is 15.3. The SMILES string of the molecule is CN(Cc1ccccc1F)C(=O)NC(CC(=O)O)C1CC1. The van der Waals surface area contributed by atoms with Gasteiger partial charge in [0.15, 0.2) is 0 Å². The lowest BCUT2D eigenvalue weighted by atomic mass is 10.1. The zero-order valence-corrected chi connectivity index (χ0v) is 11.9. The number of carbonyl (C=O) groups excluding carboxylic acids is 1. The van der Waals surface area contributed by atoms with E-state index in [2.05, 4.69) is 5.32 Å². The second-order valence-corrected chi connectivity index (χ2v) is 5.44. The Morgan fingerprint density at radius 2 is 2.10 bits per heavy atom. The summed E-state index contributed by atoms with van der Waals surface area (Å²) in [7, 11) is 1.56. The zero-order valence-electron chi connectivity index (χ0n) is 11.9. The Morgan fingerprint density at radius 1 is 1.43 bits per heavy atom. The number of carboxylic acid groups (broad SMARTS) is 1. The van der Waals surface area contributed by atoms with Crippen LogP contribution in [-0.2, 0) is 11.3 Å². The molecule has 0 aliphatic heterocycles. The molecule has 2 rings (SSSR count). The van der Waals surface area contributed by atoms with E-state index >= 15 is 0 Å². The van der Waals surface area contributed by atoms with Gasteiger partial charge in [-0.2, -0.15) is 0 Å². The van der Waals surface area contributed by atoms with Crippen LogP contribution in [0.4, 0.5) is 9.18 Å². The number of benzene rings is 1. The smallest absolute Gasteiger partial charge is 0.317 e.